The average molecular weight is 1180 g/mol. The molecular formula is C73H129NO10. The highest BCUT2D eigenvalue weighted by molar-refractivity contribution is 5.76. The maximum atomic E-state index is 13.0. The summed E-state index contributed by atoms with van der Waals surface area (Å²) < 4.78 is 16.7. The Bertz CT molecular complexity index is 1670. The van der Waals surface area contributed by atoms with Gasteiger partial charge >= 0.3 is 5.97 Å². The number of ether oxygens (including phenoxy) is 3. The van der Waals surface area contributed by atoms with Crippen LogP contribution in [0.4, 0.5) is 0 Å². The predicted octanol–water partition coefficient (Wildman–Crippen LogP) is 17.7. The van der Waals surface area contributed by atoms with Crippen molar-refractivity contribution in [1.82, 2.24) is 5.32 Å². The second-order valence-corrected chi connectivity index (χ2v) is 23.9. The molecule has 1 rings (SSSR count). The minimum absolute atomic E-state index is 0.00948. The molecule has 1 aliphatic heterocycles. The third-order valence-electron chi connectivity index (χ3n) is 16.0. The number of esters is 1. The van der Waals surface area contributed by atoms with Gasteiger partial charge in [-0.25, -0.2) is 0 Å². The zero-order valence-electron chi connectivity index (χ0n) is 53.8. The summed E-state index contributed by atoms with van der Waals surface area (Å²) in [5, 5.41) is 54.2. The highest BCUT2D eigenvalue weighted by Gasteiger charge is 2.44. The fourth-order valence-electron chi connectivity index (χ4n) is 10.5. The van der Waals surface area contributed by atoms with Crippen molar-refractivity contribution in [3.63, 3.8) is 0 Å². The van der Waals surface area contributed by atoms with E-state index in [0.29, 0.717) is 19.4 Å². The van der Waals surface area contributed by atoms with Crippen molar-refractivity contribution in [2.75, 3.05) is 19.8 Å². The molecule has 6 N–H and O–H groups in total. The van der Waals surface area contributed by atoms with Gasteiger partial charge in [0, 0.05) is 12.8 Å². The molecule has 84 heavy (non-hydrogen) atoms. The molecule has 1 amide bonds. The summed E-state index contributed by atoms with van der Waals surface area (Å²) in [7, 11) is 0. The number of carbonyl (C=O) groups excluding carboxylic acids is 2. The highest BCUT2D eigenvalue weighted by Crippen LogP contribution is 2.23. The topological polar surface area (TPSA) is 175 Å². The van der Waals surface area contributed by atoms with Gasteiger partial charge < -0.3 is 45.1 Å². The van der Waals surface area contributed by atoms with Crippen molar-refractivity contribution in [3.8, 4) is 0 Å². The van der Waals surface area contributed by atoms with Gasteiger partial charge in [-0.15, -0.1) is 0 Å². The third-order valence-corrected chi connectivity index (χ3v) is 16.0. The number of unbranched alkanes of at least 4 members (excludes halogenated alkanes) is 35. The normalized spacial score (nSPS) is 18.6. The first kappa shape index (κ1) is 78.9. The summed E-state index contributed by atoms with van der Waals surface area (Å²) in [4.78, 5) is 25.1. The van der Waals surface area contributed by atoms with Crippen LogP contribution in [0.5, 0.6) is 0 Å². The zero-order valence-corrected chi connectivity index (χ0v) is 53.8. The summed E-state index contributed by atoms with van der Waals surface area (Å²) >= 11 is 0. The maximum absolute atomic E-state index is 13.0. The molecule has 1 aliphatic rings. The van der Waals surface area contributed by atoms with Crippen LogP contribution in [0.1, 0.15) is 303 Å². The quantitative estimate of drug-likeness (QED) is 0.0195. The van der Waals surface area contributed by atoms with Crippen molar-refractivity contribution < 1.29 is 49.3 Å². The molecule has 0 aromatic rings. The number of carbonyl (C=O) groups is 2. The smallest absolute Gasteiger partial charge is 0.305 e. The number of allylic oxidation sites excluding steroid dienone is 13. The standard InChI is InChI=1S/C73H129NO10/c1-3-5-7-9-11-13-14-15-16-35-38-41-45-49-53-57-61-69(78)82-62-58-54-50-46-42-39-36-33-31-29-27-25-23-21-19-17-18-20-22-24-26-28-30-32-34-37-40-44-48-52-56-60-68(77)74-65(66(76)59-55-51-47-43-12-10-8-6-4-2)64-83-73-72(81)71(80)70(79)67(63-75)84-73/h4,6,12-14,16,19,21,25,27,35,43,55,59,65-67,70-73,75-76,79-81H,3,5,7-11,15,17-18,20,22-24,26,28-34,36-42,44-54,56-58,60-64H2,1-2H3,(H,74,77)/b6-4+,14-13-,21-19-,27-25-,35-16-,43-12+,59-55+. The summed E-state index contributed by atoms with van der Waals surface area (Å²) in [6.07, 6.45) is 74.7. The number of rotatable bonds is 60. The molecule has 0 saturated carbocycles. The molecule has 0 bridgehead atoms. The first-order valence-electron chi connectivity index (χ1n) is 34.8. The van der Waals surface area contributed by atoms with Crippen LogP contribution < -0.4 is 5.32 Å². The van der Waals surface area contributed by atoms with E-state index in [1.54, 1.807) is 6.08 Å². The van der Waals surface area contributed by atoms with E-state index in [1.165, 1.54) is 199 Å². The summed E-state index contributed by atoms with van der Waals surface area (Å²) in [6, 6.07) is -0.835. The van der Waals surface area contributed by atoms with Gasteiger partial charge in [-0.2, -0.15) is 0 Å². The van der Waals surface area contributed by atoms with Crippen molar-refractivity contribution in [2.45, 2.75) is 346 Å². The van der Waals surface area contributed by atoms with Crippen LogP contribution in [0.25, 0.3) is 0 Å². The molecule has 0 radical (unpaired) electrons. The Hall–Kier alpha value is -3.16. The summed E-state index contributed by atoms with van der Waals surface area (Å²) in [6.45, 7) is 4.07. The van der Waals surface area contributed by atoms with Crippen molar-refractivity contribution in [1.29, 1.82) is 0 Å². The largest absolute Gasteiger partial charge is 0.466 e. The molecule has 7 unspecified atom stereocenters. The third kappa shape index (κ3) is 49.9. The second-order valence-electron chi connectivity index (χ2n) is 23.9. The Morgan fingerprint density at radius 3 is 1.31 bits per heavy atom. The first-order valence-corrected chi connectivity index (χ1v) is 34.8. The summed E-state index contributed by atoms with van der Waals surface area (Å²) in [5.74, 6) is -0.209. The van der Waals surface area contributed by atoms with Crippen LogP contribution >= 0.6 is 0 Å². The predicted molar refractivity (Wildman–Crippen MR) is 352 cm³/mol. The minimum Gasteiger partial charge on any atom is -0.466 e. The van der Waals surface area contributed by atoms with E-state index < -0.39 is 49.5 Å². The van der Waals surface area contributed by atoms with Gasteiger partial charge in [-0.05, 0) is 116 Å². The number of hydrogen-bond acceptors (Lipinski definition) is 10. The van der Waals surface area contributed by atoms with Crippen LogP contribution in [-0.4, -0.2) is 100 Å². The maximum Gasteiger partial charge on any atom is 0.305 e. The van der Waals surface area contributed by atoms with Crippen LogP contribution in [0.2, 0.25) is 0 Å². The van der Waals surface area contributed by atoms with E-state index in [-0.39, 0.29) is 18.5 Å². The molecule has 1 saturated heterocycles. The molecule has 7 atom stereocenters. The number of hydrogen-bond donors (Lipinski definition) is 6. The average Bonchev–Trinajstić information content (AvgIpc) is 3.34. The molecule has 486 valence electrons. The van der Waals surface area contributed by atoms with Gasteiger partial charge in [0.05, 0.1) is 32.0 Å². The lowest BCUT2D eigenvalue weighted by molar-refractivity contribution is -0.302. The number of amides is 1. The Morgan fingerprint density at radius 2 is 0.857 bits per heavy atom. The first-order chi connectivity index (χ1) is 41.2. The van der Waals surface area contributed by atoms with E-state index in [2.05, 4.69) is 79.1 Å². The number of aliphatic hydroxyl groups is 5. The van der Waals surface area contributed by atoms with Gasteiger partial charge in [-0.1, -0.05) is 259 Å². The van der Waals surface area contributed by atoms with Crippen molar-refractivity contribution in [2.24, 2.45) is 0 Å². The van der Waals surface area contributed by atoms with Crippen LogP contribution in [-0.2, 0) is 23.8 Å². The van der Waals surface area contributed by atoms with Gasteiger partial charge in [0.1, 0.15) is 24.4 Å². The fourth-order valence-corrected chi connectivity index (χ4v) is 10.5. The van der Waals surface area contributed by atoms with E-state index in [0.717, 1.165) is 77.0 Å². The van der Waals surface area contributed by atoms with Crippen molar-refractivity contribution in [3.05, 3.63) is 85.1 Å². The fraction of sp³-hybridized carbons (Fsp3) is 0.781. The van der Waals surface area contributed by atoms with E-state index in [1.807, 2.05) is 19.1 Å². The lowest BCUT2D eigenvalue weighted by Crippen LogP contribution is -2.60. The number of aliphatic hydroxyl groups excluding tert-OH is 5. The molecule has 1 fully saturated rings. The molecule has 0 aromatic heterocycles. The monoisotopic (exact) mass is 1180 g/mol. The van der Waals surface area contributed by atoms with Gasteiger partial charge in [0.15, 0.2) is 6.29 Å². The molecular weight excluding hydrogens is 1050 g/mol. The Labute approximate surface area is 514 Å². The van der Waals surface area contributed by atoms with Crippen LogP contribution in [0.3, 0.4) is 0 Å². The minimum atomic E-state index is -1.58. The second kappa shape index (κ2) is 61.5. The Morgan fingerprint density at radius 1 is 0.464 bits per heavy atom. The van der Waals surface area contributed by atoms with Crippen LogP contribution in [0.15, 0.2) is 85.1 Å². The van der Waals surface area contributed by atoms with E-state index in [4.69, 9.17) is 14.2 Å². The van der Waals surface area contributed by atoms with Gasteiger partial charge in [-0.3, -0.25) is 9.59 Å². The van der Waals surface area contributed by atoms with E-state index in [9.17, 15) is 35.1 Å². The summed E-state index contributed by atoms with van der Waals surface area (Å²) in [5.41, 5.74) is 0. The van der Waals surface area contributed by atoms with E-state index >= 15 is 0 Å². The van der Waals surface area contributed by atoms with Crippen molar-refractivity contribution >= 4 is 11.9 Å². The molecule has 0 aliphatic carbocycles. The molecule has 11 nitrogen and oxygen atoms in total. The van der Waals surface area contributed by atoms with Crippen LogP contribution in [0, 0.1) is 0 Å². The van der Waals surface area contributed by atoms with Gasteiger partial charge in [0.25, 0.3) is 0 Å². The lowest BCUT2D eigenvalue weighted by atomic mass is 9.99. The Kier molecular flexibility index (Phi) is 57.7. The molecule has 11 heteroatoms. The number of nitrogens with one attached hydrogen (secondary N) is 1. The highest BCUT2D eigenvalue weighted by atomic mass is 16.7. The Balaban J connectivity index is 1.93. The molecule has 0 aromatic carbocycles. The van der Waals surface area contributed by atoms with Gasteiger partial charge in [0.2, 0.25) is 5.91 Å². The zero-order chi connectivity index (χ0) is 60.9. The SMILES string of the molecule is C/C=C/CC/C=C/CC/C=C/C(O)C(COC1OC(CO)C(O)C(O)C1O)NC(=O)CCCCCCCCCCCCCCCCC/C=C\C/C=C\CCCCCCCCCCCOC(=O)CCCCCCC/C=C\C/C=C\CCCCCC. The molecule has 1 heterocycles. The lowest BCUT2D eigenvalue weighted by Gasteiger charge is -2.40. The molecule has 0 spiro atoms.